The van der Waals surface area contributed by atoms with Crippen molar-refractivity contribution < 1.29 is 0 Å². The lowest BCUT2D eigenvalue weighted by atomic mass is 10.6. The Hall–Kier alpha value is -1.50. The average molecular weight is 196 g/mol. The molecule has 2 heterocycles. The SMILES string of the molecule is Cn1cc(N)c(Sc2ncn[nH]2)n1. The minimum absolute atomic E-state index is 0.643. The summed E-state index contributed by atoms with van der Waals surface area (Å²) in [6, 6.07) is 0. The topological polar surface area (TPSA) is 85.4 Å². The lowest BCUT2D eigenvalue weighted by Crippen LogP contribution is -1.87. The summed E-state index contributed by atoms with van der Waals surface area (Å²) in [5.74, 6) is 0. The summed E-state index contributed by atoms with van der Waals surface area (Å²) in [6.07, 6.45) is 3.19. The number of aromatic nitrogens is 5. The van der Waals surface area contributed by atoms with Gasteiger partial charge in [-0.1, -0.05) is 0 Å². The molecule has 0 aliphatic carbocycles. The summed E-state index contributed by atoms with van der Waals surface area (Å²) in [7, 11) is 1.82. The third kappa shape index (κ3) is 1.64. The molecule has 0 saturated heterocycles. The Balaban J connectivity index is 2.23. The van der Waals surface area contributed by atoms with Gasteiger partial charge in [-0.05, 0) is 11.8 Å². The molecular weight excluding hydrogens is 188 g/mol. The first-order valence-electron chi connectivity index (χ1n) is 3.58. The molecule has 6 nitrogen and oxygen atoms in total. The summed E-state index contributed by atoms with van der Waals surface area (Å²) in [4.78, 5) is 3.95. The number of nitrogens with one attached hydrogen (secondary N) is 1. The molecule has 2 aromatic rings. The van der Waals surface area contributed by atoms with Gasteiger partial charge in [0.2, 0.25) is 0 Å². The fourth-order valence-electron chi connectivity index (χ4n) is 0.901. The normalized spacial score (nSPS) is 10.5. The highest BCUT2D eigenvalue weighted by atomic mass is 32.2. The van der Waals surface area contributed by atoms with E-state index in [-0.39, 0.29) is 0 Å². The number of nitrogen functional groups attached to an aromatic ring is 1. The van der Waals surface area contributed by atoms with Crippen LogP contribution in [0.5, 0.6) is 0 Å². The Morgan fingerprint density at radius 1 is 1.62 bits per heavy atom. The van der Waals surface area contributed by atoms with Crippen LogP contribution in [0, 0.1) is 0 Å². The van der Waals surface area contributed by atoms with E-state index in [1.807, 2.05) is 7.05 Å². The van der Waals surface area contributed by atoms with Crippen LogP contribution in [0.15, 0.2) is 22.7 Å². The van der Waals surface area contributed by atoms with Crippen LogP contribution in [-0.2, 0) is 7.05 Å². The molecule has 0 fully saturated rings. The maximum Gasteiger partial charge on any atom is 0.189 e. The molecule has 0 amide bonds. The molecule has 7 heteroatoms. The summed E-state index contributed by atoms with van der Waals surface area (Å²) in [5, 5.41) is 12.0. The van der Waals surface area contributed by atoms with Gasteiger partial charge >= 0.3 is 0 Å². The second-order valence-electron chi connectivity index (χ2n) is 2.46. The molecule has 13 heavy (non-hydrogen) atoms. The van der Waals surface area contributed by atoms with Gasteiger partial charge in [-0.2, -0.15) is 10.2 Å². The Bertz CT molecular complexity index is 391. The van der Waals surface area contributed by atoms with Gasteiger partial charge < -0.3 is 5.73 Å². The van der Waals surface area contributed by atoms with Crippen LogP contribution in [0.1, 0.15) is 0 Å². The first kappa shape index (κ1) is 8.11. The van der Waals surface area contributed by atoms with E-state index in [9.17, 15) is 0 Å². The summed E-state index contributed by atoms with van der Waals surface area (Å²) in [6.45, 7) is 0. The van der Waals surface area contributed by atoms with E-state index in [0.29, 0.717) is 10.8 Å². The van der Waals surface area contributed by atoms with Crippen LogP contribution in [-0.4, -0.2) is 25.0 Å². The summed E-state index contributed by atoms with van der Waals surface area (Å²) < 4.78 is 1.66. The molecule has 68 valence electrons. The largest absolute Gasteiger partial charge is 0.395 e. The van der Waals surface area contributed by atoms with E-state index in [0.717, 1.165) is 5.03 Å². The van der Waals surface area contributed by atoms with Gasteiger partial charge in [0.1, 0.15) is 11.4 Å². The molecule has 0 saturated carbocycles. The molecule has 2 rings (SSSR count). The van der Waals surface area contributed by atoms with Crippen LogP contribution in [0.4, 0.5) is 5.69 Å². The molecule has 0 spiro atoms. The zero-order valence-corrected chi connectivity index (χ0v) is 7.75. The second kappa shape index (κ2) is 3.09. The van der Waals surface area contributed by atoms with Crippen molar-refractivity contribution in [3.63, 3.8) is 0 Å². The number of rotatable bonds is 2. The third-order valence-electron chi connectivity index (χ3n) is 1.41. The van der Waals surface area contributed by atoms with E-state index in [1.54, 1.807) is 10.9 Å². The lowest BCUT2D eigenvalue weighted by Gasteiger charge is -1.91. The van der Waals surface area contributed by atoms with E-state index in [1.165, 1.54) is 18.1 Å². The lowest BCUT2D eigenvalue weighted by molar-refractivity contribution is 0.737. The smallest absolute Gasteiger partial charge is 0.189 e. The molecule has 3 N–H and O–H groups in total. The summed E-state index contributed by atoms with van der Waals surface area (Å²) in [5.41, 5.74) is 6.33. The van der Waals surface area contributed by atoms with Crippen molar-refractivity contribution in [2.75, 3.05) is 5.73 Å². The number of aromatic amines is 1. The van der Waals surface area contributed by atoms with Gasteiger partial charge in [-0.3, -0.25) is 9.78 Å². The average Bonchev–Trinajstić information content (AvgIpc) is 2.63. The fraction of sp³-hybridized carbons (Fsp3) is 0.167. The maximum absolute atomic E-state index is 5.69. The number of H-pyrrole nitrogens is 1. The number of nitrogens with two attached hydrogens (primary N) is 1. The van der Waals surface area contributed by atoms with Crippen molar-refractivity contribution in [1.82, 2.24) is 25.0 Å². The molecule has 0 aromatic carbocycles. The Labute approximate surface area is 78.5 Å². The minimum Gasteiger partial charge on any atom is -0.395 e. The molecule has 2 aromatic heterocycles. The van der Waals surface area contributed by atoms with E-state index in [4.69, 9.17) is 5.73 Å². The third-order valence-corrected chi connectivity index (χ3v) is 2.31. The van der Waals surface area contributed by atoms with Gasteiger partial charge in [0, 0.05) is 13.2 Å². The quantitative estimate of drug-likeness (QED) is 0.720. The highest BCUT2D eigenvalue weighted by Gasteiger charge is 2.07. The molecule has 0 bridgehead atoms. The highest BCUT2D eigenvalue weighted by Crippen LogP contribution is 2.26. The van der Waals surface area contributed by atoms with Crippen LogP contribution in [0.3, 0.4) is 0 Å². The predicted molar refractivity (Wildman–Crippen MR) is 48.1 cm³/mol. The number of anilines is 1. The molecule has 0 aliphatic heterocycles. The first-order chi connectivity index (χ1) is 6.25. The van der Waals surface area contributed by atoms with Crippen molar-refractivity contribution in [1.29, 1.82) is 0 Å². The maximum atomic E-state index is 5.69. The minimum atomic E-state index is 0.643. The Morgan fingerprint density at radius 2 is 2.46 bits per heavy atom. The van der Waals surface area contributed by atoms with Crippen molar-refractivity contribution in [3.05, 3.63) is 12.5 Å². The molecule has 0 unspecified atom stereocenters. The number of hydrogen-bond donors (Lipinski definition) is 2. The van der Waals surface area contributed by atoms with Gasteiger partial charge in [0.25, 0.3) is 0 Å². The number of aryl methyl sites for hydroxylation is 1. The molecule has 0 radical (unpaired) electrons. The van der Waals surface area contributed by atoms with Gasteiger partial charge in [-0.25, -0.2) is 4.98 Å². The predicted octanol–water partition coefficient (Wildman–Crippen LogP) is 0.272. The van der Waals surface area contributed by atoms with Gasteiger partial charge in [0.05, 0.1) is 5.69 Å². The monoisotopic (exact) mass is 196 g/mol. The van der Waals surface area contributed by atoms with Gasteiger partial charge in [-0.15, -0.1) is 0 Å². The zero-order valence-electron chi connectivity index (χ0n) is 6.93. The zero-order chi connectivity index (χ0) is 9.26. The highest BCUT2D eigenvalue weighted by molar-refractivity contribution is 7.99. The van der Waals surface area contributed by atoms with Crippen LogP contribution < -0.4 is 5.73 Å². The van der Waals surface area contributed by atoms with Crippen molar-refractivity contribution in [2.45, 2.75) is 10.2 Å². The molecular formula is C6H8N6S. The fourth-order valence-corrected chi connectivity index (χ4v) is 1.62. The van der Waals surface area contributed by atoms with Crippen LogP contribution in [0.2, 0.25) is 0 Å². The van der Waals surface area contributed by atoms with Crippen LogP contribution >= 0.6 is 11.8 Å². The number of hydrogen-bond acceptors (Lipinski definition) is 5. The van der Waals surface area contributed by atoms with Crippen molar-refractivity contribution in [2.24, 2.45) is 7.05 Å². The molecule has 0 aliphatic rings. The van der Waals surface area contributed by atoms with E-state index in [2.05, 4.69) is 20.3 Å². The molecule has 0 atom stereocenters. The summed E-state index contributed by atoms with van der Waals surface area (Å²) >= 11 is 1.36. The van der Waals surface area contributed by atoms with Crippen LogP contribution in [0.25, 0.3) is 0 Å². The Morgan fingerprint density at radius 3 is 3.00 bits per heavy atom. The number of nitrogens with zero attached hydrogens (tertiary/aromatic N) is 4. The second-order valence-corrected chi connectivity index (χ2v) is 3.43. The van der Waals surface area contributed by atoms with E-state index >= 15 is 0 Å². The van der Waals surface area contributed by atoms with Crippen molar-refractivity contribution in [3.8, 4) is 0 Å². The van der Waals surface area contributed by atoms with Crippen molar-refractivity contribution >= 4 is 17.4 Å². The standard InChI is InChI=1S/C6H8N6S/c1-12-2-4(7)5(11-12)13-6-8-3-9-10-6/h2-3H,7H2,1H3,(H,8,9,10). The first-order valence-corrected chi connectivity index (χ1v) is 4.39. The Kier molecular flexibility index (Phi) is 1.93. The van der Waals surface area contributed by atoms with Gasteiger partial charge in [0.15, 0.2) is 5.16 Å². The van der Waals surface area contributed by atoms with E-state index < -0.39 is 0 Å².